The van der Waals surface area contributed by atoms with Gasteiger partial charge in [0, 0.05) is 24.8 Å². The summed E-state index contributed by atoms with van der Waals surface area (Å²) in [5.74, 6) is 0.995. The number of H-pyrrole nitrogens is 1. The molecule has 0 atom stereocenters. The van der Waals surface area contributed by atoms with Crippen LogP contribution in [0.25, 0.3) is 0 Å². The average Bonchev–Trinajstić information content (AvgIpc) is 2.61. The number of carbonyl (C=O) groups excluding carboxylic acids is 1. The van der Waals surface area contributed by atoms with Crippen LogP contribution < -0.4 is 15.8 Å². The molecule has 1 aromatic heterocycles. The Balaban J connectivity index is 1.78. The molecule has 0 bridgehead atoms. The lowest BCUT2D eigenvalue weighted by Crippen LogP contribution is -2.25. The Labute approximate surface area is 145 Å². The summed E-state index contributed by atoms with van der Waals surface area (Å²) < 4.78 is 5.62. The number of aromatic amines is 1. The van der Waals surface area contributed by atoms with Gasteiger partial charge in [-0.2, -0.15) is 0 Å². The van der Waals surface area contributed by atoms with E-state index < -0.39 is 0 Å². The molecular formula is C17H20N4O2S. The normalized spacial score (nSPS) is 11.1. The zero-order valence-corrected chi connectivity index (χ0v) is 14.2. The van der Waals surface area contributed by atoms with Crippen molar-refractivity contribution in [2.75, 3.05) is 20.2 Å². The molecule has 0 fully saturated rings. The van der Waals surface area contributed by atoms with Crippen LogP contribution in [0, 0.1) is 4.64 Å². The number of amidine groups is 1. The molecule has 1 heterocycles. The number of nitrogens with one attached hydrogen (secondary N) is 2. The number of nitrogens with zero attached hydrogens (tertiary/aromatic N) is 1. The third-order valence-corrected chi connectivity index (χ3v) is 3.69. The van der Waals surface area contributed by atoms with Crippen LogP contribution in [0.15, 0.2) is 47.6 Å². The number of aliphatic imine (C=N–C) groups is 1. The van der Waals surface area contributed by atoms with E-state index in [1.807, 2.05) is 12.1 Å². The summed E-state index contributed by atoms with van der Waals surface area (Å²) in [4.78, 5) is 19.2. The van der Waals surface area contributed by atoms with Crippen molar-refractivity contribution in [3.8, 4) is 5.75 Å². The Morgan fingerprint density at radius 1 is 1.33 bits per heavy atom. The first-order valence-corrected chi connectivity index (χ1v) is 7.93. The lowest BCUT2D eigenvalue weighted by molar-refractivity contribution is 0.0953. The zero-order chi connectivity index (χ0) is 17.4. The monoisotopic (exact) mass is 344 g/mol. The Morgan fingerprint density at radius 3 is 2.75 bits per heavy atom. The number of methoxy groups -OCH3 is 1. The molecule has 2 aromatic rings. The SMILES string of the molecule is COc1ccc(C(=O)NCCCN=C(N)c2ccc[nH]c2=S)cc1. The number of ether oxygens (including phenoxy) is 1. The fraction of sp³-hybridized carbons (Fsp3) is 0.235. The molecule has 0 radical (unpaired) electrons. The fourth-order valence-corrected chi connectivity index (χ4v) is 2.27. The summed E-state index contributed by atoms with van der Waals surface area (Å²) in [5.41, 5.74) is 7.23. The predicted octanol–water partition coefficient (Wildman–Crippen LogP) is 2.28. The molecule has 0 saturated carbocycles. The number of hydrogen-bond acceptors (Lipinski definition) is 4. The molecular weight excluding hydrogens is 324 g/mol. The summed E-state index contributed by atoms with van der Waals surface area (Å²) in [6.45, 7) is 1.03. The molecule has 0 aliphatic heterocycles. The fourth-order valence-electron chi connectivity index (χ4n) is 2.03. The first kappa shape index (κ1) is 17.7. The van der Waals surface area contributed by atoms with Gasteiger partial charge in [-0.15, -0.1) is 0 Å². The molecule has 2 rings (SSSR count). The minimum atomic E-state index is -0.125. The highest BCUT2D eigenvalue weighted by molar-refractivity contribution is 7.71. The predicted molar refractivity (Wildman–Crippen MR) is 97.2 cm³/mol. The molecule has 0 saturated heterocycles. The highest BCUT2D eigenvalue weighted by Crippen LogP contribution is 2.10. The van der Waals surface area contributed by atoms with Crippen molar-refractivity contribution in [3.05, 3.63) is 58.4 Å². The molecule has 7 heteroatoms. The van der Waals surface area contributed by atoms with Crippen LogP contribution in [-0.4, -0.2) is 36.9 Å². The third kappa shape index (κ3) is 4.92. The second-order valence-electron chi connectivity index (χ2n) is 5.02. The number of benzene rings is 1. The zero-order valence-electron chi connectivity index (χ0n) is 13.4. The van der Waals surface area contributed by atoms with E-state index in [0.29, 0.717) is 35.5 Å². The first-order valence-electron chi connectivity index (χ1n) is 7.52. The molecule has 6 nitrogen and oxygen atoms in total. The van der Waals surface area contributed by atoms with Gasteiger partial charge in [0.25, 0.3) is 5.91 Å². The van der Waals surface area contributed by atoms with Gasteiger partial charge in [-0.05, 0) is 42.8 Å². The van der Waals surface area contributed by atoms with E-state index in [4.69, 9.17) is 22.7 Å². The number of aromatic nitrogens is 1. The van der Waals surface area contributed by atoms with Gasteiger partial charge in [0.2, 0.25) is 0 Å². The molecule has 4 N–H and O–H groups in total. The lowest BCUT2D eigenvalue weighted by Gasteiger charge is -2.06. The molecule has 126 valence electrons. The standard InChI is InChI=1S/C17H20N4O2S/c1-23-13-7-5-12(6-8-13)16(22)20-11-3-10-19-15(18)14-4-2-9-21-17(14)24/h2,4-9H,3,10-11H2,1H3,(H2,18,19)(H,20,22)(H,21,24). The van der Waals surface area contributed by atoms with E-state index in [1.165, 1.54) is 0 Å². The topological polar surface area (TPSA) is 92.5 Å². The minimum absolute atomic E-state index is 0.125. The van der Waals surface area contributed by atoms with Crippen molar-refractivity contribution in [1.82, 2.24) is 10.3 Å². The van der Waals surface area contributed by atoms with E-state index in [2.05, 4.69) is 15.3 Å². The maximum atomic E-state index is 12.0. The third-order valence-electron chi connectivity index (χ3n) is 3.35. The van der Waals surface area contributed by atoms with Gasteiger partial charge in [-0.1, -0.05) is 12.2 Å². The number of hydrogen-bond donors (Lipinski definition) is 3. The highest BCUT2D eigenvalue weighted by Gasteiger charge is 2.04. The van der Waals surface area contributed by atoms with Gasteiger partial charge in [0.1, 0.15) is 16.2 Å². The van der Waals surface area contributed by atoms with Gasteiger partial charge in [-0.25, -0.2) is 0 Å². The van der Waals surface area contributed by atoms with E-state index in [1.54, 1.807) is 37.6 Å². The maximum Gasteiger partial charge on any atom is 0.251 e. The van der Waals surface area contributed by atoms with Gasteiger partial charge >= 0.3 is 0 Å². The summed E-state index contributed by atoms with van der Waals surface area (Å²) in [7, 11) is 1.59. The number of nitrogens with two attached hydrogens (primary N) is 1. The summed E-state index contributed by atoms with van der Waals surface area (Å²) >= 11 is 5.15. The smallest absolute Gasteiger partial charge is 0.251 e. The number of pyridine rings is 1. The Morgan fingerprint density at radius 2 is 2.08 bits per heavy atom. The Hall–Kier alpha value is -2.67. The van der Waals surface area contributed by atoms with Crippen molar-refractivity contribution >= 4 is 24.0 Å². The van der Waals surface area contributed by atoms with Crippen molar-refractivity contribution in [2.24, 2.45) is 10.7 Å². The van der Waals surface area contributed by atoms with E-state index in [9.17, 15) is 4.79 Å². The van der Waals surface area contributed by atoms with E-state index in [-0.39, 0.29) is 5.91 Å². The molecule has 24 heavy (non-hydrogen) atoms. The molecule has 0 spiro atoms. The summed E-state index contributed by atoms with van der Waals surface area (Å²) in [6, 6.07) is 10.6. The second kappa shape index (κ2) is 8.83. The van der Waals surface area contributed by atoms with Crippen LogP contribution in [0.1, 0.15) is 22.3 Å². The Bertz CT molecular complexity index is 769. The van der Waals surface area contributed by atoms with Crippen LogP contribution >= 0.6 is 12.2 Å². The lowest BCUT2D eigenvalue weighted by atomic mass is 10.2. The van der Waals surface area contributed by atoms with Crippen LogP contribution in [0.5, 0.6) is 5.75 Å². The van der Waals surface area contributed by atoms with Gasteiger partial charge in [-0.3, -0.25) is 9.79 Å². The largest absolute Gasteiger partial charge is 0.497 e. The summed E-state index contributed by atoms with van der Waals surface area (Å²) in [5, 5.41) is 2.84. The molecule has 0 aliphatic rings. The van der Waals surface area contributed by atoms with Crippen LogP contribution in [0.4, 0.5) is 0 Å². The highest BCUT2D eigenvalue weighted by atomic mass is 32.1. The van der Waals surface area contributed by atoms with Crippen molar-refractivity contribution in [2.45, 2.75) is 6.42 Å². The van der Waals surface area contributed by atoms with E-state index in [0.717, 1.165) is 11.3 Å². The molecule has 1 aromatic carbocycles. The van der Waals surface area contributed by atoms with Gasteiger partial charge in [0.05, 0.1) is 12.7 Å². The molecule has 1 amide bonds. The second-order valence-corrected chi connectivity index (χ2v) is 5.43. The van der Waals surface area contributed by atoms with Gasteiger partial charge < -0.3 is 20.8 Å². The molecule has 0 unspecified atom stereocenters. The number of carbonyl (C=O) groups is 1. The number of amides is 1. The van der Waals surface area contributed by atoms with E-state index >= 15 is 0 Å². The summed E-state index contributed by atoms with van der Waals surface area (Å²) in [6.07, 6.45) is 2.43. The van der Waals surface area contributed by atoms with Crippen molar-refractivity contribution < 1.29 is 9.53 Å². The quantitative estimate of drug-likeness (QED) is 0.311. The minimum Gasteiger partial charge on any atom is -0.497 e. The Kier molecular flexibility index (Phi) is 6.51. The van der Waals surface area contributed by atoms with Crippen LogP contribution in [0.3, 0.4) is 0 Å². The maximum absolute atomic E-state index is 12.0. The average molecular weight is 344 g/mol. The van der Waals surface area contributed by atoms with Crippen molar-refractivity contribution in [1.29, 1.82) is 0 Å². The van der Waals surface area contributed by atoms with Crippen molar-refractivity contribution in [3.63, 3.8) is 0 Å². The molecule has 0 aliphatic carbocycles. The first-order chi connectivity index (χ1) is 11.6. The number of rotatable bonds is 7. The van der Waals surface area contributed by atoms with Crippen LogP contribution in [0.2, 0.25) is 0 Å². The van der Waals surface area contributed by atoms with Crippen LogP contribution in [-0.2, 0) is 0 Å². The van der Waals surface area contributed by atoms with Gasteiger partial charge in [0.15, 0.2) is 0 Å².